The van der Waals surface area contributed by atoms with Crippen LogP contribution in [-0.2, 0) is 6.54 Å². The lowest BCUT2D eigenvalue weighted by Crippen LogP contribution is -2.31. The predicted molar refractivity (Wildman–Crippen MR) is 68.8 cm³/mol. The van der Waals surface area contributed by atoms with Gasteiger partial charge in [0, 0.05) is 12.6 Å². The van der Waals surface area contributed by atoms with Crippen molar-refractivity contribution in [1.82, 2.24) is 5.32 Å². The Morgan fingerprint density at radius 2 is 2.35 bits per heavy atom. The molecule has 0 radical (unpaired) electrons. The molecule has 0 unspecified atom stereocenters. The molecule has 2 N–H and O–H groups in total. The van der Waals surface area contributed by atoms with Crippen molar-refractivity contribution in [3.05, 3.63) is 29.8 Å². The number of aliphatic hydroxyl groups is 1. The van der Waals surface area contributed by atoms with E-state index in [0.29, 0.717) is 6.54 Å². The molecule has 1 rings (SSSR count). The molecule has 0 saturated carbocycles. The van der Waals surface area contributed by atoms with E-state index < -0.39 is 0 Å². The van der Waals surface area contributed by atoms with Gasteiger partial charge in [-0.2, -0.15) is 0 Å². The molecule has 0 aliphatic heterocycles. The van der Waals surface area contributed by atoms with Gasteiger partial charge in [0.2, 0.25) is 0 Å². The molecule has 3 heteroatoms. The Kier molecular flexibility index (Phi) is 6.16. The van der Waals surface area contributed by atoms with Crippen LogP contribution in [0.1, 0.15) is 18.9 Å². The first-order valence-electron chi connectivity index (χ1n) is 5.79. The highest BCUT2D eigenvalue weighted by atomic mass is 16.5. The minimum absolute atomic E-state index is 0.144. The fourth-order valence-corrected chi connectivity index (χ4v) is 1.47. The van der Waals surface area contributed by atoms with Crippen LogP contribution in [0.2, 0.25) is 0 Å². The molecule has 17 heavy (non-hydrogen) atoms. The molecule has 1 aromatic rings. The molecule has 0 aromatic heterocycles. The van der Waals surface area contributed by atoms with E-state index in [9.17, 15) is 0 Å². The quantitative estimate of drug-likeness (QED) is 0.702. The zero-order valence-electron chi connectivity index (χ0n) is 10.1. The highest BCUT2D eigenvalue weighted by Crippen LogP contribution is 2.13. The molecule has 0 amide bonds. The zero-order valence-corrected chi connectivity index (χ0v) is 10.1. The second-order valence-corrected chi connectivity index (χ2v) is 3.81. The average Bonchev–Trinajstić information content (AvgIpc) is 2.38. The topological polar surface area (TPSA) is 41.5 Å². The van der Waals surface area contributed by atoms with E-state index in [2.05, 4.69) is 11.2 Å². The van der Waals surface area contributed by atoms with Gasteiger partial charge in [-0.3, -0.25) is 0 Å². The van der Waals surface area contributed by atoms with Crippen molar-refractivity contribution >= 4 is 0 Å². The van der Waals surface area contributed by atoms with Gasteiger partial charge in [-0.1, -0.05) is 25.0 Å². The summed E-state index contributed by atoms with van der Waals surface area (Å²) in [5, 5.41) is 12.3. The number of rotatable bonds is 7. The van der Waals surface area contributed by atoms with Crippen LogP contribution in [0.15, 0.2) is 24.3 Å². The molecule has 0 fully saturated rings. The molecule has 1 atom stereocenters. The summed E-state index contributed by atoms with van der Waals surface area (Å²) >= 11 is 0. The largest absolute Gasteiger partial charge is 0.481 e. The van der Waals surface area contributed by atoms with Crippen molar-refractivity contribution < 1.29 is 9.84 Å². The third kappa shape index (κ3) is 4.90. The fraction of sp³-hybridized carbons (Fsp3) is 0.429. The fourth-order valence-electron chi connectivity index (χ4n) is 1.47. The first kappa shape index (κ1) is 13.6. The lowest BCUT2D eigenvalue weighted by atomic mass is 10.2. The minimum Gasteiger partial charge on any atom is -0.481 e. The maximum Gasteiger partial charge on any atom is 0.148 e. The monoisotopic (exact) mass is 233 g/mol. The Hall–Kier alpha value is -1.50. The molecule has 0 saturated heterocycles. The van der Waals surface area contributed by atoms with Crippen molar-refractivity contribution in [2.45, 2.75) is 25.9 Å². The van der Waals surface area contributed by atoms with Gasteiger partial charge in [-0.25, -0.2) is 0 Å². The van der Waals surface area contributed by atoms with Gasteiger partial charge in [0.05, 0.1) is 6.61 Å². The zero-order chi connectivity index (χ0) is 12.5. The predicted octanol–water partition coefficient (Wildman–Crippen LogP) is 1.56. The second kappa shape index (κ2) is 7.72. The smallest absolute Gasteiger partial charge is 0.148 e. The van der Waals surface area contributed by atoms with Crippen molar-refractivity contribution in [2.75, 3.05) is 13.2 Å². The first-order chi connectivity index (χ1) is 8.30. The van der Waals surface area contributed by atoms with Crippen molar-refractivity contribution in [1.29, 1.82) is 0 Å². The number of nitrogens with one attached hydrogen (secondary N) is 1. The SMILES string of the molecule is C#CCOc1cccc(CN[C@H](CC)CO)c1. The summed E-state index contributed by atoms with van der Waals surface area (Å²) < 4.78 is 5.34. The van der Waals surface area contributed by atoms with E-state index in [0.717, 1.165) is 17.7 Å². The van der Waals surface area contributed by atoms with Crippen LogP contribution in [0.5, 0.6) is 5.75 Å². The van der Waals surface area contributed by atoms with Gasteiger partial charge in [-0.05, 0) is 24.1 Å². The summed E-state index contributed by atoms with van der Waals surface area (Å²) in [6, 6.07) is 7.92. The summed E-state index contributed by atoms with van der Waals surface area (Å²) in [5.41, 5.74) is 1.12. The minimum atomic E-state index is 0.144. The normalized spacial score (nSPS) is 11.8. The molecular formula is C14H19NO2. The molecule has 0 aliphatic rings. The molecule has 92 valence electrons. The summed E-state index contributed by atoms with van der Waals surface area (Å²) in [6.45, 7) is 3.20. The van der Waals surface area contributed by atoms with Crippen LogP contribution in [0.25, 0.3) is 0 Å². The van der Waals surface area contributed by atoms with Crippen molar-refractivity contribution in [3.8, 4) is 18.1 Å². The molecule has 3 nitrogen and oxygen atoms in total. The van der Waals surface area contributed by atoms with Crippen LogP contribution < -0.4 is 10.1 Å². The van der Waals surface area contributed by atoms with Crippen LogP contribution >= 0.6 is 0 Å². The highest BCUT2D eigenvalue weighted by Gasteiger charge is 2.03. The van der Waals surface area contributed by atoms with E-state index in [1.807, 2.05) is 31.2 Å². The van der Waals surface area contributed by atoms with Gasteiger partial charge in [0.25, 0.3) is 0 Å². The molecule has 0 aliphatic carbocycles. The number of aliphatic hydroxyl groups excluding tert-OH is 1. The van der Waals surface area contributed by atoms with Gasteiger partial charge in [0.1, 0.15) is 12.4 Å². The van der Waals surface area contributed by atoms with E-state index >= 15 is 0 Å². The number of hydrogen-bond acceptors (Lipinski definition) is 3. The lowest BCUT2D eigenvalue weighted by molar-refractivity contribution is 0.238. The summed E-state index contributed by atoms with van der Waals surface area (Å²) in [7, 11) is 0. The van der Waals surface area contributed by atoms with Gasteiger partial charge in [0.15, 0.2) is 0 Å². The third-order valence-corrected chi connectivity index (χ3v) is 2.53. The maximum absolute atomic E-state index is 9.07. The Morgan fingerprint density at radius 1 is 1.53 bits per heavy atom. The highest BCUT2D eigenvalue weighted by molar-refractivity contribution is 5.28. The van der Waals surface area contributed by atoms with Crippen molar-refractivity contribution in [3.63, 3.8) is 0 Å². The standard InChI is InChI=1S/C14H19NO2/c1-3-8-17-14-7-5-6-12(9-14)10-15-13(4-2)11-16/h1,5-7,9,13,15-16H,4,8,10-11H2,2H3/t13-/m1/s1. The summed E-state index contributed by atoms with van der Waals surface area (Å²) in [4.78, 5) is 0. The Morgan fingerprint density at radius 3 is 3.00 bits per heavy atom. The molecule has 0 heterocycles. The van der Waals surface area contributed by atoms with E-state index in [1.165, 1.54) is 0 Å². The summed E-state index contributed by atoms with van der Waals surface area (Å²) in [6.07, 6.45) is 6.04. The van der Waals surface area contributed by atoms with Crippen LogP contribution in [0.3, 0.4) is 0 Å². The average molecular weight is 233 g/mol. The molecule has 0 bridgehead atoms. The van der Waals surface area contributed by atoms with Gasteiger partial charge in [-0.15, -0.1) is 6.42 Å². The van der Waals surface area contributed by atoms with E-state index in [4.69, 9.17) is 16.3 Å². The molecular weight excluding hydrogens is 214 g/mol. The molecule has 1 aromatic carbocycles. The summed E-state index contributed by atoms with van der Waals surface area (Å²) in [5.74, 6) is 3.21. The number of benzene rings is 1. The number of ether oxygens (including phenoxy) is 1. The second-order valence-electron chi connectivity index (χ2n) is 3.81. The van der Waals surface area contributed by atoms with Gasteiger partial charge < -0.3 is 15.2 Å². The van der Waals surface area contributed by atoms with E-state index in [-0.39, 0.29) is 19.3 Å². The Labute approximate surface area is 103 Å². The van der Waals surface area contributed by atoms with Gasteiger partial charge >= 0.3 is 0 Å². The van der Waals surface area contributed by atoms with Crippen LogP contribution in [0.4, 0.5) is 0 Å². The number of hydrogen-bond donors (Lipinski definition) is 2. The van der Waals surface area contributed by atoms with Crippen LogP contribution in [0, 0.1) is 12.3 Å². The third-order valence-electron chi connectivity index (χ3n) is 2.53. The maximum atomic E-state index is 9.07. The Bertz CT molecular complexity index is 367. The van der Waals surface area contributed by atoms with Crippen LogP contribution in [-0.4, -0.2) is 24.4 Å². The molecule has 0 spiro atoms. The first-order valence-corrected chi connectivity index (χ1v) is 5.79. The van der Waals surface area contributed by atoms with Crippen molar-refractivity contribution in [2.24, 2.45) is 0 Å². The van der Waals surface area contributed by atoms with E-state index in [1.54, 1.807) is 0 Å². The Balaban J connectivity index is 2.51. The lowest BCUT2D eigenvalue weighted by Gasteiger charge is -2.14. The number of terminal acetylenes is 1.